The number of nitrogens with zero attached hydrogens (tertiary/aromatic N) is 2. The molecule has 0 saturated heterocycles. The summed E-state index contributed by atoms with van der Waals surface area (Å²) >= 11 is 0. The molecule has 0 spiro atoms. The molecule has 0 radical (unpaired) electrons. The van der Waals surface area contributed by atoms with Gasteiger partial charge >= 0.3 is 0 Å². The highest BCUT2D eigenvalue weighted by molar-refractivity contribution is 5.81. The number of hydrogen-bond donors (Lipinski definition) is 1. The van der Waals surface area contributed by atoms with E-state index in [0.29, 0.717) is 12.1 Å². The number of aliphatic imine (C=N–C) groups is 1. The largest absolute Gasteiger partial charge is 0.355 e. The Kier molecular flexibility index (Phi) is 3.83. The fourth-order valence-corrected chi connectivity index (χ4v) is 3.48. The molecule has 1 heterocycles. The minimum absolute atomic E-state index is 0.321. The molecule has 0 atom stereocenters. The number of hydrogen-bond acceptors (Lipinski definition) is 3. The number of rotatable bonds is 3. The van der Waals surface area contributed by atoms with E-state index < -0.39 is 11.6 Å². The second kappa shape index (κ2) is 5.62. The van der Waals surface area contributed by atoms with Crippen molar-refractivity contribution in [1.82, 2.24) is 10.2 Å². The second-order valence-corrected chi connectivity index (χ2v) is 6.07. The average Bonchev–Trinajstić information content (AvgIpc) is 3.09. The summed E-state index contributed by atoms with van der Waals surface area (Å²) in [5.74, 6) is -0.588. The van der Waals surface area contributed by atoms with Crippen LogP contribution in [0, 0.1) is 11.6 Å². The fourth-order valence-electron chi connectivity index (χ4n) is 3.48. The summed E-state index contributed by atoms with van der Waals surface area (Å²) in [6.45, 7) is 2.31. The van der Waals surface area contributed by atoms with Crippen molar-refractivity contribution in [2.45, 2.75) is 31.1 Å². The van der Waals surface area contributed by atoms with Crippen LogP contribution in [-0.4, -0.2) is 37.5 Å². The number of halogens is 2. The van der Waals surface area contributed by atoms with Gasteiger partial charge in [0.05, 0.1) is 6.54 Å². The van der Waals surface area contributed by atoms with Gasteiger partial charge in [0.25, 0.3) is 0 Å². The molecule has 1 aromatic rings. The van der Waals surface area contributed by atoms with Crippen molar-refractivity contribution >= 4 is 5.96 Å². The van der Waals surface area contributed by atoms with E-state index in [1.54, 1.807) is 12.1 Å². The summed E-state index contributed by atoms with van der Waals surface area (Å²) in [6.07, 6.45) is 3.88. The molecule has 0 unspecified atom stereocenters. The van der Waals surface area contributed by atoms with Gasteiger partial charge in [0.1, 0.15) is 0 Å². The van der Waals surface area contributed by atoms with Gasteiger partial charge in [0.15, 0.2) is 17.6 Å². The maximum absolute atomic E-state index is 14.2. The van der Waals surface area contributed by atoms with E-state index >= 15 is 0 Å². The van der Waals surface area contributed by atoms with Crippen LogP contribution in [0.2, 0.25) is 0 Å². The monoisotopic (exact) mass is 293 g/mol. The summed E-state index contributed by atoms with van der Waals surface area (Å²) in [5, 5.41) is 3.35. The first kappa shape index (κ1) is 14.3. The van der Waals surface area contributed by atoms with Crippen molar-refractivity contribution in [2.24, 2.45) is 4.99 Å². The molecule has 3 rings (SSSR count). The third kappa shape index (κ3) is 2.61. The molecular formula is C16H21F2N3. The second-order valence-electron chi connectivity index (χ2n) is 6.07. The first-order valence-electron chi connectivity index (χ1n) is 7.56. The van der Waals surface area contributed by atoms with Gasteiger partial charge < -0.3 is 10.2 Å². The normalized spacial score (nSPS) is 20.7. The van der Waals surface area contributed by atoms with Crippen molar-refractivity contribution in [3.05, 3.63) is 35.4 Å². The Bertz CT molecular complexity index is 550. The lowest BCUT2D eigenvalue weighted by atomic mass is 9.78. The van der Waals surface area contributed by atoms with E-state index in [1.165, 1.54) is 6.07 Å². The highest BCUT2D eigenvalue weighted by Gasteiger charge is 2.38. The topological polar surface area (TPSA) is 27.6 Å². The first-order valence-corrected chi connectivity index (χ1v) is 7.56. The van der Waals surface area contributed by atoms with Crippen molar-refractivity contribution in [3.8, 4) is 0 Å². The van der Waals surface area contributed by atoms with Crippen LogP contribution in [0.1, 0.15) is 31.2 Å². The third-order valence-corrected chi connectivity index (χ3v) is 4.73. The molecule has 1 N–H and O–H groups in total. The minimum Gasteiger partial charge on any atom is -0.355 e. The molecule has 0 bridgehead atoms. The number of benzene rings is 1. The lowest BCUT2D eigenvalue weighted by molar-refractivity contribution is 0.390. The quantitative estimate of drug-likeness (QED) is 0.928. The van der Waals surface area contributed by atoms with Gasteiger partial charge in [-0.1, -0.05) is 25.0 Å². The molecule has 3 nitrogen and oxygen atoms in total. The Morgan fingerprint density at radius 3 is 2.71 bits per heavy atom. The fraction of sp³-hybridized carbons (Fsp3) is 0.562. The highest BCUT2D eigenvalue weighted by Crippen LogP contribution is 2.42. The highest BCUT2D eigenvalue weighted by atomic mass is 19.2. The van der Waals surface area contributed by atoms with E-state index in [2.05, 4.69) is 15.2 Å². The van der Waals surface area contributed by atoms with E-state index in [1.807, 2.05) is 7.05 Å². The van der Waals surface area contributed by atoms with Crippen LogP contribution < -0.4 is 5.32 Å². The zero-order valence-corrected chi connectivity index (χ0v) is 12.3. The molecule has 1 aromatic carbocycles. The molecule has 1 saturated carbocycles. The number of guanidine groups is 1. The van der Waals surface area contributed by atoms with Crippen LogP contribution in [0.5, 0.6) is 0 Å². The molecule has 0 amide bonds. The Morgan fingerprint density at radius 1 is 1.29 bits per heavy atom. The van der Waals surface area contributed by atoms with Crippen LogP contribution in [0.3, 0.4) is 0 Å². The zero-order valence-electron chi connectivity index (χ0n) is 12.3. The molecule has 1 fully saturated rings. The van der Waals surface area contributed by atoms with E-state index in [4.69, 9.17) is 0 Å². The molecule has 5 heteroatoms. The predicted octanol–water partition coefficient (Wildman–Crippen LogP) is 2.67. The lowest BCUT2D eigenvalue weighted by Crippen LogP contribution is -2.44. The van der Waals surface area contributed by atoms with Crippen molar-refractivity contribution in [2.75, 3.05) is 26.7 Å². The Balaban J connectivity index is 1.84. The van der Waals surface area contributed by atoms with Crippen molar-refractivity contribution < 1.29 is 8.78 Å². The molecule has 114 valence electrons. The maximum Gasteiger partial charge on any atom is 0.193 e. The van der Waals surface area contributed by atoms with Gasteiger partial charge in [0, 0.05) is 25.6 Å². The SMILES string of the molecule is CN1CCN=C1NCC1(c2cccc(F)c2F)CCCC1. The molecule has 1 aliphatic carbocycles. The van der Waals surface area contributed by atoms with Crippen molar-refractivity contribution in [1.29, 1.82) is 0 Å². The van der Waals surface area contributed by atoms with Gasteiger partial charge in [-0.3, -0.25) is 4.99 Å². The summed E-state index contributed by atoms with van der Waals surface area (Å²) in [7, 11) is 1.99. The summed E-state index contributed by atoms with van der Waals surface area (Å²) in [4.78, 5) is 6.47. The van der Waals surface area contributed by atoms with Gasteiger partial charge in [-0.25, -0.2) is 8.78 Å². The predicted molar refractivity (Wildman–Crippen MR) is 79.4 cm³/mol. The summed E-state index contributed by atoms with van der Waals surface area (Å²) in [6, 6.07) is 4.52. The number of likely N-dealkylation sites (N-methyl/N-ethyl adjacent to an activating group) is 1. The van der Waals surface area contributed by atoms with Gasteiger partial charge in [-0.05, 0) is 24.5 Å². The van der Waals surface area contributed by atoms with Crippen LogP contribution in [0.4, 0.5) is 8.78 Å². The smallest absolute Gasteiger partial charge is 0.193 e. The first-order chi connectivity index (χ1) is 10.1. The molecule has 21 heavy (non-hydrogen) atoms. The van der Waals surface area contributed by atoms with Crippen LogP contribution >= 0.6 is 0 Å². The summed E-state index contributed by atoms with van der Waals surface area (Å²) in [5.41, 5.74) is 0.187. The van der Waals surface area contributed by atoms with Gasteiger partial charge in [-0.2, -0.15) is 0 Å². The van der Waals surface area contributed by atoms with Crippen molar-refractivity contribution in [3.63, 3.8) is 0 Å². The van der Waals surface area contributed by atoms with Gasteiger partial charge in [-0.15, -0.1) is 0 Å². The third-order valence-electron chi connectivity index (χ3n) is 4.73. The maximum atomic E-state index is 14.2. The Morgan fingerprint density at radius 2 is 2.05 bits per heavy atom. The van der Waals surface area contributed by atoms with E-state index in [0.717, 1.165) is 44.7 Å². The Labute approximate surface area is 124 Å². The standard InChI is InChI=1S/C16H21F2N3/c1-21-10-9-19-15(21)20-11-16(7-2-3-8-16)12-5-4-6-13(17)14(12)18/h4-6H,2-3,7-11H2,1H3,(H,19,20). The van der Waals surface area contributed by atoms with E-state index in [9.17, 15) is 8.78 Å². The minimum atomic E-state index is -0.755. The molecule has 1 aliphatic heterocycles. The molecule has 2 aliphatic rings. The molecule has 0 aromatic heterocycles. The lowest BCUT2D eigenvalue weighted by Gasteiger charge is -2.31. The molecular weight excluding hydrogens is 272 g/mol. The summed E-state index contributed by atoms with van der Waals surface area (Å²) < 4.78 is 27.8. The van der Waals surface area contributed by atoms with Gasteiger partial charge in [0.2, 0.25) is 0 Å². The Hall–Kier alpha value is -1.65. The van der Waals surface area contributed by atoms with Crippen LogP contribution in [0.25, 0.3) is 0 Å². The van der Waals surface area contributed by atoms with E-state index in [-0.39, 0.29) is 5.41 Å². The number of nitrogens with one attached hydrogen (secondary N) is 1. The zero-order chi connectivity index (χ0) is 14.9. The van der Waals surface area contributed by atoms with Crippen LogP contribution in [0.15, 0.2) is 23.2 Å². The average molecular weight is 293 g/mol. The van der Waals surface area contributed by atoms with Crippen LogP contribution in [-0.2, 0) is 5.41 Å².